The number of rotatable bonds is 1. The molecule has 0 radical (unpaired) electrons. The second-order valence-electron chi connectivity index (χ2n) is 3.07. The molecule has 4 heteroatoms. The molecule has 1 aromatic carbocycles. The van der Waals surface area contributed by atoms with Crippen LogP contribution in [0.1, 0.15) is 10.4 Å². The molecule has 0 aliphatic heterocycles. The van der Waals surface area contributed by atoms with Gasteiger partial charge in [0, 0.05) is 12.4 Å². The minimum absolute atomic E-state index is 0.275. The summed E-state index contributed by atoms with van der Waals surface area (Å²) in [5.74, 6) is -0.937. The fourth-order valence-corrected chi connectivity index (χ4v) is 1.76. The van der Waals surface area contributed by atoms with Crippen LogP contribution in [0.3, 0.4) is 0 Å². The minimum Gasteiger partial charge on any atom is -0.478 e. The first-order valence-electron chi connectivity index (χ1n) is 4.08. The number of benzene rings is 1. The average Bonchev–Trinajstić information content (AvgIpc) is 2.43. The molecule has 0 fully saturated rings. The van der Waals surface area contributed by atoms with Crippen molar-refractivity contribution in [2.24, 2.45) is 7.05 Å². The second kappa shape index (κ2) is 3.03. The van der Waals surface area contributed by atoms with E-state index >= 15 is 0 Å². The lowest BCUT2D eigenvalue weighted by Crippen LogP contribution is -2.00. The third-order valence-electron chi connectivity index (χ3n) is 2.23. The van der Waals surface area contributed by atoms with E-state index in [0.717, 1.165) is 5.39 Å². The van der Waals surface area contributed by atoms with E-state index in [1.807, 2.05) is 6.07 Å². The van der Waals surface area contributed by atoms with Crippen molar-refractivity contribution < 1.29 is 9.90 Å². The van der Waals surface area contributed by atoms with Crippen molar-refractivity contribution in [1.82, 2.24) is 4.57 Å². The van der Waals surface area contributed by atoms with Crippen LogP contribution < -0.4 is 0 Å². The molecule has 0 bridgehead atoms. The lowest BCUT2D eigenvalue weighted by atomic mass is 10.1. The van der Waals surface area contributed by atoms with Crippen LogP contribution in [0.15, 0.2) is 24.3 Å². The molecule has 0 aliphatic carbocycles. The van der Waals surface area contributed by atoms with E-state index in [1.165, 1.54) is 0 Å². The number of nitrogens with zero attached hydrogens (tertiary/aromatic N) is 1. The number of hydrogen-bond donors (Lipinski definition) is 1. The number of fused-ring (bicyclic) bond motifs is 1. The SMILES string of the molecule is Cn1c(Cl)cc2cccc(C(=O)O)c21. The molecule has 3 nitrogen and oxygen atoms in total. The van der Waals surface area contributed by atoms with Gasteiger partial charge in [-0.15, -0.1) is 0 Å². The number of carboxylic acids is 1. The molecule has 0 saturated heterocycles. The molecular formula is C10H8ClNO2. The normalized spacial score (nSPS) is 10.7. The van der Waals surface area contributed by atoms with Gasteiger partial charge in [0.2, 0.25) is 0 Å². The van der Waals surface area contributed by atoms with Crippen molar-refractivity contribution in [3.05, 3.63) is 35.0 Å². The van der Waals surface area contributed by atoms with Crippen LogP contribution >= 0.6 is 11.6 Å². The Morgan fingerprint density at radius 2 is 2.21 bits per heavy atom. The van der Waals surface area contributed by atoms with Gasteiger partial charge in [-0.25, -0.2) is 4.79 Å². The summed E-state index contributed by atoms with van der Waals surface area (Å²) in [6.07, 6.45) is 0. The van der Waals surface area contributed by atoms with Crippen LogP contribution in [0.5, 0.6) is 0 Å². The maximum Gasteiger partial charge on any atom is 0.337 e. The molecule has 1 heterocycles. The minimum atomic E-state index is -0.937. The fourth-order valence-electron chi connectivity index (χ4n) is 1.56. The highest BCUT2D eigenvalue weighted by molar-refractivity contribution is 6.31. The zero-order chi connectivity index (χ0) is 10.3. The summed E-state index contributed by atoms with van der Waals surface area (Å²) in [4.78, 5) is 10.9. The van der Waals surface area contributed by atoms with Gasteiger partial charge in [-0.3, -0.25) is 0 Å². The van der Waals surface area contributed by atoms with E-state index in [9.17, 15) is 4.79 Å². The standard InChI is InChI=1S/C10H8ClNO2/c1-12-8(11)5-6-3-2-4-7(9(6)12)10(13)14/h2-5H,1H3,(H,13,14). The molecule has 14 heavy (non-hydrogen) atoms. The number of hydrogen-bond acceptors (Lipinski definition) is 1. The van der Waals surface area contributed by atoms with Crippen LogP contribution in [0.4, 0.5) is 0 Å². The number of aromatic nitrogens is 1. The third-order valence-corrected chi connectivity index (χ3v) is 2.59. The number of carboxylic acid groups (broad SMARTS) is 1. The molecule has 0 amide bonds. The molecule has 1 N–H and O–H groups in total. The van der Waals surface area contributed by atoms with Crippen molar-refractivity contribution in [1.29, 1.82) is 0 Å². The molecular weight excluding hydrogens is 202 g/mol. The zero-order valence-electron chi connectivity index (χ0n) is 7.49. The van der Waals surface area contributed by atoms with E-state index in [2.05, 4.69) is 0 Å². The Labute approximate surface area is 85.5 Å². The first-order chi connectivity index (χ1) is 6.61. The van der Waals surface area contributed by atoms with Gasteiger partial charge in [0.25, 0.3) is 0 Å². The van der Waals surface area contributed by atoms with Crippen LogP contribution in [-0.2, 0) is 7.05 Å². The molecule has 0 unspecified atom stereocenters. The molecule has 2 aromatic rings. The van der Waals surface area contributed by atoms with E-state index < -0.39 is 5.97 Å². The molecule has 72 valence electrons. The van der Waals surface area contributed by atoms with E-state index in [-0.39, 0.29) is 5.56 Å². The van der Waals surface area contributed by atoms with Gasteiger partial charge >= 0.3 is 5.97 Å². The highest BCUT2D eigenvalue weighted by Crippen LogP contribution is 2.25. The van der Waals surface area contributed by atoms with E-state index in [4.69, 9.17) is 16.7 Å². The largest absolute Gasteiger partial charge is 0.478 e. The summed E-state index contributed by atoms with van der Waals surface area (Å²) in [6.45, 7) is 0. The smallest absolute Gasteiger partial charge is 0.337 e. The summed E-state index contributed by atoms with van der Waals surface area (Å²) in [5, 5.41) is 10.3. The Kier molecular flexibility index (Phi) is 1.97. The van der Waals surface area contributed by atoms with Gasteiger partial charge in [0.1, 0.15) is 5.15 Å². The molecule has 1 aromatic heterocycles. The summed E-state index contributed by atoms with van der Waals surface area (Å²) in [7, 11) is 1.75. The number of halogens is 1. The topological polar surface area (TPSA) is 42.2 Å². The van der Waals surface area contributed by atoms with Crippen LogP contribution in [0, 0.1) is 0 Å². The predicted octanol–water partition coefficient (Wildman–Crippen LogP) is 2.53. The number of carbonyl (C=O) groups is 1. The summed E-state index contributed by atoms with van der Waals surface area (Å²) < 4.78 is 1.67. The molecule has 0 atom stereocenters. The Morgan fingerprint density at radius 1 is 1.50 bits per heavy atom. The Bertz CT molecular complexity index is 516. The van der Waals surface area contributed by atoms with E-state index in [1.54, 1.807) is 29.8 Å². The zero-order valence-corrected chi connectivity index (χ0v) is 8.25. The van der Waals surface area contributed by atoms with Gasteiger partial charge in [0.15, 0.2) is 0 Å². The van der Waals surface area contributed by atoms with Gasteiger partial charge in [-0.05, 0) is 12.1 Å². The Hall–Kier alpha value is -1.48. The molecule has 2 rings (SSSR count). The predicted molar refractivity (Wildman–Crippen MR) is 54.9 cm³/mol. The van der Waals surface area contributed by atoms with Crippen LogP contribution in [0.25, 0.3) is 10.9 Å². The number of aryl methyl sites for hydroxylation is 1. The van der Waals surface area contributed by atoms with Gasteiger partial charge in [-0.1, -0.05) is 23.7 Å². The lowest BCUT2D eigenvalue weighted by Gasteiger charge is -2.01. The summed E-state index contributed by atoms with van der Waals surface area (Å²) in [5.41, 5.74) is 0.932. The van der Waals surface area contributed by atoms with Crippen molar-refractivity contribution >= 4 is 28.5 Å². The van der Waals surface area contributed by atoms with Crippen molar-refractivity contribution in [2.45, 2.75) is 0 Å². The number of para-hydroxylation sites is 1. The Balaban J connectivity index is 2.91. The summed E-state index contributed by atoms with van der Waals surface area (Å²) in [6, 6.07) is 6.88. The first kappa shape index (κ1) is 9.09. The molecule has 0 saturated carbocycles. The highest BCUT2D eigenvalue weighted by Gasteiger charge is 2.12. The van der Waals surface area contributed by atoms with Crippen LogP contribution in [0.2, 0.25) is 5.15 Å². The highest BCUT2D eigenvalue weighted by atomic mass is 35.5. The van der Waals surface area contributed by atoms with E-state index in [0.29, 0.717) is 10.7 Å². The quantitative estimate of drug-likeness (QED) is 0.784. The first-order valence-corrected chi connectivity index (χ1v) is 4.46. The van der Waals surface area contributed by atoms with Crippen molar-refractivity contribution in [2.75, 3.05) is 0 Å². The average molecular weight is 210 g/mol. The molecule has 0 aliphatic rings. The third kappa shape index (κ3) is 1.17. The van der Waals surface area contributed by atoms with Gasteiger partial charge in [-0.2, -0.15) is 0 Å². The maximum absolute atomic E-state index is 10.9. The maximum atomic E-state index is 10.9. The Morgan fingerprint density at radius 3 is 2.86 bits per heavy atom. The molecule has 0 spiro atoms. The fraction of sp³-hybridized carbons (Fsp3) is 0.100. The van der Waals surface area contributed by atoms with Crippen LogP contribution in [-0.4, -0.2) is 15.6 Å². The van der Waals surface area contributed by atoms with Gasteiger partial charge in [0.05, 0.1) is 11.1 Å². The lowest BCUT2D eigenvalue weighted by molar-refractivity contribution is 0.0698. The van der Waals surface area contributed by atoms with Gasteiger partial charge < -0.3 is 9.67 Å². The van der Waals surface area contributed by atoms with Crippen molar-refractivity contribution in [3.8, 4) is 0 Å². The second-order valence-corrected chi connectivity index (χ2v) is 3.46. The number of aromatic carboxylic acids is 1. The van der Waals surface area contributed by atoms with Crippen molar-refractivity contribution in [3.63, 3.8) is 0 Å². The summed E-state index contributed by atoms with van der Waals surface area (Å²) >= 11 is 5.90. The monoisotopic (exact) mass is 209 g/mol.